The molecule has 0 aliphatic carbocycles. The normalized spacial score (nSPS) is 16.1. The quantitative estimate of drug-likeness (QED) is 0.706. The van der Waals surface area contributed by atoms with Crippen molar-refractivity contribution < 1.29 is 14.0 Å². The summed E-state index contributed by atoms with van der Waals surface area (Å²) in [6.07, 6.45) is 0. The van der Waals surface area contributed by atoms with Crippen LogP contribution >= 0.6 is 0 Å². The molecule has 0 N–H and O–H groups in total. The van der Waals surface area contributed by atoms with Crippen molar-refractivity contribution in [2.75, 3.05) is 13.6 Å². The number of hydrogen-bond acceptors (Lipinski definition) is 2. The second kappa shape index (κ2) is 3.92. The predicted octanol–water partition coefficient (Wildman–Crippen LogP) is 1.22. The Morgan fingerprint density at radius 1 is 1.25 bits per heavy atom. The van der Waals surface area contributed by atoms with E-state index >= 15 is 0 Å². The number of amides is 3. The van der Waals surface area contributed by atoms with E-state index in [1.165, 1.54) is 17.0 Å². The molecule has 5 heteroatoms. The molecule has 84 valence electrons. The number of imide groups is 1. The van der Waals surface area contributed by atoms with Crippen molar-refractivity contribution in [2.45, 2.75) is 6.54 Å². The van der Waals surface area contributed by atoms with Crippen LogP contribution in [-0.2, 0) is 11.3 Å². The monoisotopic (exact) mass is 222 g/mol. The molecule has 0 bridgehead atoms. The molecule has 0 radical (unpaired) electrons. The summed E-state index contributed by atoms with van der Waals surface area (Å²) < 4.78 is 12.7. The molecule has 1 aromatic rings. The van der Waals surface area contributed by atoms with Gasteiger partial charge in [0, 0.05) is 7.05 Å². The van der Waals surface area contributed by atoms with Gasteiger partial charge in [-0.05, 0) is 17.7 Å². The molecule has 1 aromatic carbocycles. The second-order valence-electron chi connectivity index (χ2n) is 3.74. The number of urea groups is 1. The van der Waals surface area contributed by atoms with E-state index in [4.69, 9.17) is 0 Å². The smallest absolute Gasteiger partial charge is 0.318 e. The lowest BCUT2D eigenvalue weighted by molar-refractivity contribution is -0.125. The number of hydrogen-bond donors (Lipinski definition) is 0. The Morgan fingerprint density at radius 2 is 1.88 bits per heavy atom. The van der Waals surface area contributed by atoms with Gasteiger partial charge >= 0.3 is 6.03 Å². The van der Waals surface area contributed by atoms with Gasteiger partial charge in [0.25, 0.3) is 5.91 Å². The van der Waals surface area contributed by atoms with Crippen LogP contribution in [0.3, 0.4) is 0 Å². The van der Waals surface area contributed by atoms with E-state index in [2.05, 4.69) is 0 Å². The van der Waals surface area contributed by atoms with E-state index in [0.29, 0.717) is 0 Å². The minimum atomic E-state index is -0.333. The van der Waals surface area contributed by atoms with Crippen LogP contribution in [0.2, 0.25) is 0 Å². The number of carbonyl (C=O) groups excluding carboxylic acids is 2. The summed E-state index contributed by atoms with van der Waals surface area (Å²) in [7, 11) is 1.57. The number of carbonyl (C=O) groups is 2. The molecule has 1 fully saturated rings. The van der Waals surface area contributed by atoms with Crippen LogP contribution in [0.4, 0.5) is 9.18 Å². The summed E-state index contributed by atoms with van der Waals surface area (Å²) in [6.45, 7) is 0.308. The predicted molar refractivity (Wildman–Crippen MR) is 55.0 cm³/mol. The lowest BCUT2D eigenvalue weighted by atomic mass is 10.2. The molecule has 16 heavy (non-hydrogen) atoms. The molecule has 2 rings (SSSR count). The Kier molecular flexibility index (Phi) is 2.60. The van der Waals surface area contributed by atoms with Crippen LogP contribution < -0.4 is 0 Å². The van der Waals surface area contributed by atoms with Gasteiger partial charge in [-0.2, -0.15) is 0 Å². The van der Waals surface area contributed by atoms with Crippen molar-refractivity contribution in [3.63, 3.8) is 0 Å². The van der Waals surface area contributed by atoms with Crippen LogP contribution in [0.25, 0.3) is 0 Å². The van der Waals surface area contributed by atoms with E-state index in [1.54, 1.807) is 19.2 Å². The van der Waals surface area contributed by atoms with Crippen LogP contribution in [-0.4, -0.2) is 35.3 Å². The number of likely N-dealkylation sites (N-methyl/N-ethyl adjacent to an activating group) is 1. The molecule has 1 saturated heterocycles. The first kappa shape index (κ1) is 10.6. The Balaban J connectivity index is 2.13. The third-order valence-electron chi connectivity index (χ3n) is 2.48. The van der Waals surface area contributed by atoms with Crippen molar-refractivity contribution in [1.29, 1.82) is 0 Å². The number of benzene rings is 1. The Bertz CT molecular complexity index is 430. The van der Waals surface area contributed by atoms with Crippen LogP contribution in [0, 0.1) is 5.82 Å². The largest absolute Gasteiger partial charge is 0.327 e. The van der Waals surface area contributed by atoms with Crippen molar-refractivity contribution in [3.05, 3.63) is 35.6 Å². The van der Waals surface area contributed by atoms with E-state index < -0.39 is 0 Å². The van der Waals surface area contributed by atoms with Crippen molar-refractivity contribution >= 4 is 11.9 Å². The van der Waals surface area contributed by atoms with Gasteiger partial charge < -0.3 is 4.90 Å². The van der Waals surface area contributed by atoms with Crippen molar-refractivity contribution in [2.24, 2.45) is 0 Å². The van der Waals surface area contributed by atoms with E-state index in [9.17, 15) is 14.0 Å². The van der Waals surface area contributed by atoms with Gasteiger partial charge in [0.05, 0.1) is 6.54 Å². The van der Waals surface area contributed by atoms with Crippen molar-refractivity contribution in [1.82, 2.24) is 9.80 Å². The van der Waals surface area contributed by atoms with Crippen LogP contribution in [0.15, 0.2) is 24.3 Å². The zero-order valence-corrected chi connectivity index (χ0v) is 8.81. The zero-order valence-electron chi connectivity index (χ0n) is 8.81. The number of halogens is 1. The molecule has 4 nitrogen and oxygen atoms in total. The molecule has 3 amide bonds. The maximum absolute atomic E-state index is 12.7. The zero-order chi connectivity index (χ0) is 11.7. The first-order valence-electron chi connectivity index (χ1n) is 4.88. The first-order valence-corrected chi connectivity index (χ1v) is 4.88. The van der Waals surface area contributed by atoms with Crippen LogP contribution in [0.1, 0.15) is 5.56 Å². The Morgan fingerprint density at radius 3 is 2.38 bits per heavy atom. The fourth-order valence-corrected chi connectivity index (χ4v) is 1.60. The summed E-state index contributed by atoms with van der Waals surface area (Å²) >= 11 is 0. The van der Waals surface area contributed by atoms with Gasteiger partial charge in [-0.15, -0.1) is 0 Å². The molecule has 0 saturated carbocycles. The third kappa shape index (κ3) is 1.88. The molecule has 1 aliphatic rings. The topological polar surface area (TPSA) is 40.6 Å². The molecule has 0 atom stereocenters. The van der Waals surface area contributed by atoms with E-state index in [-0.39, 0.29) is 30.8 Å². The van der Waals surface area contributed by atoms with Gasteiger partial charge in [0.1, 0.15) is 12.4 Å². The molecular weight excluding hydrogens is 211 g/mol. The highest BCUT2D eigenvalue weighted by atomic mass is 19.1. The second-order valence-corrected chi connectivity index (χ2v) is 3.74. The lowest BCUT2D eigenvalue weighted by Crippen LogP contribution is -2.30. The van der Waals surface area contributed by atoms with Gasteiger partial charge in [0.2, 0.25) is 0 Å². The van der Waals surface area contributed by atoms with Gasteiger partial charge in [-0.3, -0.25) is 9.69 Å². The molecule has 0 spiro atoms. The fourth-order valence-electron chi connectivity index (χ4n) is 1.60. The summed E-state index contributed by atoms with van der Waals surface area (Å²) in [4.78, 5) is 25.5. The molecular formula is C11H11FN2O2. The van der Waals surface area contributed by atoms with Gasteiger partial charge in [0.15, 0.2) is 0 Å². The summed E-state index contributed by atoms with van der Waals surface area (Å²) in [5, 5.41) is 0. The Hall–Kier alpha value is -1.91. The highest BCUT2D eigenvalue weighted by Gasteiger charge is 2.33. The summed E-state index contributed by atoms with van der Waals surface area (Å²) in [5.41, 5.74) is 0.735. The maximum atomic E-state index is 12.7. The fraction of sp³-hybridized carbons (Fsp3) is 0.273. The van der Waals surface area contributed by atoms with Crippen molar-refractivity contribution in [3.8, 4) is 0 Å². The highest BCUT2D eigenvalue weighted by molar-refractivity contribution is 6.01. The summed E-state index contributed by atoms with van der Waals surface area (Å²) in [5.74, 6) is -0.559. The standard InChI is InChI=1S/C11H11FN2O2/c1-13-7-10(15)14(11(13)16)6-8-2-4-9(12)5-3-8/h2-5H,6-7H2,1H3. The lowest BCUT2D eigenvalue weighted by Gasteiger charge is -2.13. The van der Waals surface area contributed by atoms with E-state index in [1.807, 2.05) is 0 Å². The Labute approximate surface area is 92.3 Å². The average Bonchev–Trinajstić information content (AvgIpc) is 2.48. The van der Waals surface area contributed by atoms with Gasteiger partial charge in [-0.1, -0.05) is 12.1 Å². The highest BCUT2D eigenvalue weighted by Crippen LogP contribution is 2.13. The SMILES string of the molecule is CN1CC(=O)N(Cc2ccc(F)cc2)C1=O. The first-order chi connectivity index (χ1) is 7.58. The van der Waals surface area contributed by atoms with E-state index in [0.717, 1.165) is 10.5 Å². The van der Waals surface area contributed by atoms with Crippen LogP contribution in [0.5, 0.6) is 0 Å². The minimum Gasteiger partial charge on any atom is -0.318 e. The maximum Gasteiger partial charge on any atom is 0.327 e. The average molecular weight is 222 g/mol. The third-order valence-corrected chi connectivity index (χ3v) is 2.48. The molecule has 0 aromatic heterocycles. The summed E-state index contributed by atoms with van der Waals surface area (Å²) in [6, 6.07) is 5.44. The molecule has 1 heterocycles. The number of nitrogens with zero attached hydrogens (tertiary/aromatic N) is 2. The molecule has 1 aliphatic heterocycles. The molecule has 0 unspecified atom stereocenters. The van der Waals surface area contributed by atoms with Gasteiger partial charge in [-0.25, -0.2) is 9.18 Å². The number of rotatable bonds is 2. The minimum absolute atomic E-state index is 0.111.